The number of nitrogens with one attached hydrogen (secondary N) is 2. The lowest BCUT2D eigenvalue weighted by atomic mass is 9.75. The van der Waals surface area contributed by atoms with E-state index >= 15 is 0 Å². The fraction of sp³-hybridized carbons (Fsp3) is 0.667. The summed E-state index contributed by atoms with van der Waals surface area (Å²) in [6, 6.07) is 0. The Kier molecular flexibility index (Phi) is 2.43. The van der Waals surface area contributed by atoms with Crippen LogP contribution in [-0.2, 0) is 11.8 Å². The highest BCUT2D eigenvalue weighted by molar-refractivity contribution is 5.81. The van der Waals surface area contributed by atoms with Gasteiger partial charge in [-0.05, 0) is 31.5 Å². The fourth-order valence-corrected chi connectivity index (χ4v) is 3.20. The summed E-state index contributed by atoms with van der Waals surface area (Å²) in [4.78, 5) is 11.7. The van der Waals surface area contributed by atoms with Crippen LogP contribution in [0.3, 0.4) is 0 Å². The highest BCUT2D eigenvalue weighted by Crippen LogP contribution is 2.41. The van der Waals surface area contributed by atoms with Gasteiger partial charge in [0.05, 0.1) is 6.20 Å². The first-order valence-corrected chi connectivity index (χ1v) is 6.20. The molecule has 0 aliphatic carbocycles. The Bertz CT molecular complexity index is 433. The van der Waals surface area contributed by atoms with E-state index in [-0.39, 0.29) is 17.4 Å². The van der Waals surface area contributed by atoms with Crippen molar-refractivity contribution >= 4 is 5.91 Å². The van der Waals surface area contributed by atoms with Gasteiger partial charge in [0, 0.05) is 31.1 Å². The maximum absolute atomic E-state index is 11.7. The molecular weight excluding hydrogens is 216 g/mol. The van der Waals surface area contributed by atoms with E-state index in [1.807, 2.05) is 24.1 Å². The first kappa shape index (κ1) is 10.8. The molecule has 2 aliphatic heterocycles. The van der Waals surface area contributed by atoms with Gasteiger partial charge in [-0.1, -0.05) is 0 Å². The molecule has 2 aliphatic rings. The Morgan fingerprint density at radius 3 is 2.88 bits per heavy atom. The van der Waals surface area contributed by atoms with Crippen LogP contribution in [0, 0.1) is 0 Å². The van der Waals surface area contributed by atoms with Crippen molar-refractivity contribution in [2.75, 3.05) is 13.1 Å². The number of nitrogens with zero attached hydrogens (tertiary/aromatic N) is 2. The van der Waals surface area contributed by atoms with Crippen molar-refractivity contribution < 1.29 is 4.79 Å². The van der Waals surface area contributed by atoms with Crippen LogP contribution in [0.5, 0.6) is 0 Å². The van der Waals surface area contributed by atoms with Gasteiger partial charge < -0.3 is 10.6 Å². The van der Waals surface area contributed by atoms with Crippen LogP contribution >= 0.6 is 0 Å². The van der Waals surface area contributed by atoms with E-state index in [1.165, 1.54) is 5.56 Å². The number of amides is 1. The molecule has 3 heterocycles. The van der Waals surface area contributed by atoms with Crippen molar-refractivity contribution in [2.45, 2.75) is 30.7 Å². The maximum atomic E-state index is 11.7. The second-order valence-corrected chi connectivity index (χ2v) is 5.16. The summed E-state index contributed by atoms with van der Waals surface area (Å²) in [6.07, 6.45) is 6.56. The third-order valence-corrected chi connectivity index (χ3v) is 4.07. The van der Waals surface area contributed by atoms with Gasteiger partial charge in [-0.3, -0.25) is 9.48 Å². The Labute approximate surface area is 101 Å². The molecule has 3 rings (SSSR count). The molecule has 17 heavy (non-hydrogen) atoms. The number of hydrogen-bond donors (Lipinski definition) is 2. The summed E-state index contributed by atoms with van der Waals surface area (Å²) in [5.74, 6) is 0.464. The van der Waals surface area contributed by atoms with Crippen LogP contribution in [-0.4, -0.2) is 34.3 Å². The summed E-state index contributed by atoms with van der Waals surface area (Å²) in [5, 5.41) is 10.8. The minimum Gasteiger partial charge on any atom is -0.350 e. The van der Waals surface area contributed by atoms with Crippen LogP contribution in [0.15, 0.2) is 12.4 Å². The van der Waals surface area contributed by atoms with Gasteiger partial charge in [-0.15, -0.1) is 0 Å². The Balaban J connectivity index is 1.93. The quantitative estimate of drug-likeness (QED) is 0.727. The van der Waals surface area contributed by atoms with Crippen LogP contribution < -0.4 is 10.6 Å². The van der Waals surface area contributed by atoms with Gasteiger partial charge in [-0.25, -0.2) is 0 Å². The number of hydrogen-bond acceptors (Lipinski definition) is 3. The molecule has 5 heteroatoms. The van der Waals surface area contributed by atoms with Crippen molar-refractivity contribution in [1.82, 2.24) is 20.4 Å². The van der Waals surface area contributed by atoms with Gasteiger partial charge in [0.1, 0.15) is 0 Å². The van der Waals surface area contributed by atoms with Crippen LogP contribution in [0.4, 0.5) is 0 Å². The Morgan fingerprint density at radius 2 is 2.24 bits per heavy atom. The van der Waals surface area contributed by atoms with Crippen molar-refractivity contribution in [3.05, 3.63) is 18.0 Å². The number of aromatic nitrogens is 2. The molecule has 2 fully saturated rings. The van der Waals surface area contributed by atoms with E-state index in [0.717, 1.165) is 25.9 Å². The average Bonchev–Trinajstić information content (AvgIpc) is 2.85. The third kappa shape index (κ3) is 1.74. The normalized spacial score (nSPS) is 27.4. The zero-order valence-electron chi connectivity index (χ0n) is 10.1. The smallest absolute Gasteiger partial charge is 0.221 e. The van der Waals surface area contributed by atoms with E-state index < -0.39 is 0 Å². The van der Waals surface area contributed by atoms with Gasteiger partial charge in [0.25, 0.3) is 0 Å². The first-order chi connectivity index (χ1) is 8.20. The number of carbonyl (C=O) groups is 1. The SMILES string of the molecule is Cn1cc([C@H]2CC(=O)NC23CCNCC3)cn1. The molecule has 1 spiro atoms. The van der Waals surface area contributed by atoms with E-state index in [9.17, 15) is 4.79 Å². The molecule has 0 aromatic carbocycles. The number of aryl methyl sites for hydroxylation is 1. The van der Waals surface area contributed by atoms with Gasteiger partial charge in [0.2, 0.25) is 5.91 Å². The average molecular weight is 234 g/mol. The predicted molar refractivity (Wildman–Crippen MR) is 63.5 cm³/mol. The molecule has 5 nitrogen and oxygen atoms in total. The lowest BCUT2D eigenvalue weighted by molar-refractivity contribution is -0.119. The topological polar surface area (TPSA) is 59.0 Å². The summed E-state index contributed by atoms with van der Waals surface area (Å²) in [5.41, 5.74) is 1.15. The molecule has 0 saturated carbocycles. The summed E-state index contributed by atoms with van der Waals surface area (Å²) >= 11 is 0. The standard InChI is InChI=1S/C12H18N4O/c1-16-8-9(7-14-16)10-6-11(17)15-12(10)2-4-13-5-3-12/h7-8,10,13H,2-6H2,1H3,(H,15,17)/t10-/m1/s1. The molecule has 0 bridgehead atoms. The van der Waals surface area contributed by atoms with Crippen molar-refractivity contribution in [3.8, 4) is 0 Å². The molecule has 2 saturated heterocycles. The van der Waals surface area contributed by atoms with Gasteiger partial charge in [0.15, 0.2) is 0 Å². The van der Waals surface area contributed by atoms with E-state index in [0.29, 0.717) is 6.42 Å². The van der Waals surface area contributed by atoms with Crippen molar-refractivity contribution in [2.24, 2.45) is 7.05 Å². The molecule has 1 aromatic heterocycles. The number of piperidine rings is 1. The summed E-state index contributed by atoms with van der Waals surface area (Å²) in [6.45, 7) is 1.97. The minimum absolute atomic E-state index is 0.0363. The van der Waals surface area contributed by atoms with Crippen molar-refractivity contribution in [3.63, 3.8) is 0 Å². The highest BCUT2D eigenvalue weighted by Gasteiger charge is 2.47. The zero-order valence-corrected chi connectivity index (χ0v) is 10.1. The number of carbonyl (C=O) groups excluding carboxylic acids is 1. The molecule has 1 aromatic rings. The van der Waals surface area contributed by atoms with Gasteiger partial charge in [-0.2, -0.15) is 5.10 Å². The highest BCUT2D eigenvalue weighted by atomic mass is 16.2. The monoisotopic (exact) mass is 234 g/mol. The molecule has 2 N–H and O–H groups in total. The number of rotatable bonds is 1. The zero-order chi connectivity index (χ0) is 11.9. The van der Waals surface area contributed by atoms with Crippen LogP contribution in [0.2, 0.25) is 0 Å². The second kappa shape index (κ2) is 3.84. The second-order valence-electron chi connectivity index (χ2n) is 5.16. The Morgan fingerprint density at radius 1 is 1.47 bits per heavy atom. The Hall–Kier alpha value is -1.36. The molecule has 0 radical (unpaired) electrons. The van der Waals surface area contributed by atoms with E-state index in [2.05, 4.69) is 15.7 Å². The van der Waals surface area contributed by atoms with Crippen LogP contribution in [0.25, 0.3) is 0 Å². The lowest BCUT2D eigenvalue weighted by Crippen LogP contribution is -2.52. The molecule has 1 atom stereocenters. The van der Waals surface area contributed by atoms with E-state index in [4.69, 9.17) is 0 Å². The van der Waals surface area contributed by atoms with Crippen molar-refractivity contribution in [1.29, 1.82) is 0 Å². The molecule has 1 amide bonds. The molecular formula is C12H18N4O. The van der Waals surface area contributed by atoms with Gasteiger partial charge >= 0.3 is 0 Å². The molecule has 0 unspecified atom stereocenters. The largest absolute Gasteiger partial charge is 0.350 e. The maximum Gasteiger partial charge on any atom is 0.221 e. The lowest BCUT2D eigenvalue weighted by Gasteiger charge is -2.38. The minimum atomic E-state index is -0.0363. The summed E-state index contributed by atoms with van der Waals surface area (Å²) < 4.78 is 1.81. The predicted octanol–water partition coefficient (Wildman–Crippen LogP) is 0.146. The third-order valence-electron chi connectivity index (χ3n) is 4.07. The van der Waals surface area contributed by atoms with Crippen LogP contribution in [0.1, 0.15) is 30.7 Å². The fourth-order valence-electron chi connectivity index (χ4n) is 3.20. The van der Waals surface area contributed by atoms with E-state index in [1.54, 1.807) is 0 Å². The molecule has 92 valence electrons. The summed E-state index contributed by atoms with van der Waals surface area (Å²) in [7, 11) is 1.92. The first-order valence-electron chi connectivity index (χ1n) is 6.20.